The summed E-state index contributed by atoms with van der Waals surface area (Å²) in [5.41, 5.74) is 0.515. The Morgan fingerprint density at radius 3 is 2.29 bits per heavy atom. The summed E-state index contributed by atoms with van der Waals surface area (Å²) < 4.78 is 39.3. The monoisotopic (exact) mass is 354 g/mol. The minimum Gasteiger partial charge on any atom is -0.363 e. The van der Waals surface area contributed by atoms with E-state index in [4.69, 9.17) is 0 Å². The van der Waals surface area contributed by atoms with Gasteiger partial charge in [0.2, 0.25) is 5.12 Å². The first kappa shape index (κ1) is 18.3. The molecule has 128 valence electrons. The second-order valence-corrected chi connectivity index (χ2v) is 6.53. The molecule has 0 spiro atoms. The van der Waals surface area contributed by atoms with Crippen LogP contribution < -0.4 is 4.90 Å². The maximum absolute atomic E-state index is 13.1. The van der Waals surface area contributed by atoms with E-state index in [2.05, 4.69) is 4.98 Å². The Kier molecular flexibility index (Phi) is 5.54. The minimum absolute atomic E-state index is 0.0602. The highest BCUT2D eigenvalue weighted by Gasteiger charge is 2.32. The summed E-state index contributed by atoms with van der Waals surface area (Å²) in [4.78, 5) is 17.6. The van der Waals surface area contributed by atoms with Crippen molar-refractivity contribution in [1.82, 2.24) is 4.98 Å². The van der Waals surface area contributed by atoms with Gasteiger partial charge in [-0.1, -0.05) is 30.8 Å². The number of carbonyl (C=O) groups excluding carboxylic acids is 1. The lowest BCUT2D eigenvalue weighted by Crippen LogP contribution is -2.14. The van der Waals surface area contributed by atoms with Crippen LogP contribution in [-0.4, -0.2) is 29.9 Å². The highest BCUT2D eigenvalue weighted by molar-refractivity contribution is 8.14. The fraction of sp³-hybridized carbons (Fsp3) is 0.294. The van der Waals surface area contributed by atoms with Gasteiger partial charge in [0.15, 0.2) is 0 Å². The molecule has 0 unspecified atom stereocenters. The van der Waals surface area contributed by atoms with Gasteiger partial charge < -0.3 is 4.90 Å². The van der Waals surface area contributed by atoms with Gasteiger partial charge in [0, 0.05) is 25.2 Å². The highest BCUT2D eigenvalue weighted by Crippen LogP contribution is 2.34. The van der Waals surface area contributed by atoms with E-state index in [1.165, 1.54) is 16.7 Å². The summed E-state index contributed by atoms with van der Waals surface area (Å²) in [5.74, 6) is 0.892. The molecule has 0 aliphatic rings. The summed E-state index contributed by atoms with van der Waals surface area (Å²) >= 11 is 1.19. The summed E-state index contributed by atoms with van der Waals surface area (Å²) in [6.07, 6.45) is -4.45. The number of pyridine rings is 1. The average Bonchev–Trinajstić information content (AvgIpc) is 2.54. The van der Waals surface area contributed by atoms with Gasteiger partial charge in [0.25, 0.3) is 0 Å². The van der Waals surface area contributed by atoms with Crippen molar-refractivity contribution in [2.45, 2.75) is 13.1 Å². The van der Waals surface area contributed by atoms with E-state index in [-0.39, 0.29) is 16.6 Å². The van der Waals surface area contributed by atoms with Gasteiger partial charge in [0.05, 0.1) is 11.3 Å². The summed E-state index contributed by atoms with van der Waals surface area (Å²) in [7, 11) is 3.27. The fourth-order valence-electron chi connectivity index (χ4n) is 2.05. The number of thioether (sulfide) groups is 1. The molecule has 0 atom stereocenters. The van der Waals surface area contributed by atoms with Gasteiger partial charge in [-0.2, -0.15) is 13.2 Å². The van der Waals surface area contributed by atoms with Gasteiger partial charge in [-0.25, -0.2) is 4.98 Å². The number of nitrogens with zero attached hydrogens (tertiary/aromatic N) is 2. The van der Waals surface area contributed by atoms with Crippen LogP contribution in [0.15, 0.2) is 36.4 Å². The molecule has 0 amide bonds. The molecular formula is C17H17F3N2OS. The quantitative estimate of drug-likeness (QED) is 0.795. The third-order valence-electron chi connectivity index (χ3n) is 3.29. The molecule has 0 fully saturated rings. The molecule has 3 nitrogen and oxygen atoms in total. The van der Waals surface area contributed by atoms with Gasteiger partial charge in [-0.15, -0.1) is 0 Å². The summed E-state index contributed by atoms with van der Waals surface area (Å²) in [6, 6.07) is 8.48. The number of hydrogen-bond acceptors (Lipinski definition) is 4. The lowest BCUT2D eigenvalue weighted by Gasteiger charge is -2.16. The number of anilines is 1. The predicted octanol–water partition coefficient (Wildman–Crippen LogP) is 4.73. The largest absolute Gasteiger partial charge is 0.416 e. The second kappa shape index (κ2) is 7.25. The molecule has 1 heterocycles. The molecule has 0 bridgehead atoms. The highest BCUT2D eigenvalue weighted by atomic mass is 32.2. The number of benzene rings is 1. The van der Waals surface area contributed by atoms with E-state index in [0.29, 0.717) is 16.9 Å². The normalized spacial score (nSPS) is 11.4. The van der Waals surface area contributed by atoms with E-state index in [0.717, 1.165) is 12.1 Å². The van der Waals surface area contributed by atoms with Crippen LogP contribution in [0.4, 0.5) is 19.0 Å². The van der Waals surface area contributed by atoms with Crippen LogP contribution in [0.2, 0.25) is 0 Å². The number of alkyl halides is 3. The van der Waals surface area contributed by atoms with Crippen molar-refractivity contribution in [1.29, 1.82) is 0 Å². The van der Waals surface area contributed by atoms with Crippen molar-refractivity contribution in [3.8, 4) is 11.3 Å². The Balaban J connectivity index is 2.44. The van der Waals surface area contributed by atoms with Crippen molar-refractivity contribution in [3.63, 3.8) is 0 Å². The molecule has 0 saturated heterocycles. The van der Waals surface area contributed by atoms with Crippen LogP contribution in [0.25, 0.3) is 11.3 Å². The van der Waals surface area contributed by atoms with Crippen molar-refractivity contribution in [2.24, 2.45) is 0 Å². The van der Waals surface area contributed by atoms with Gasteiger partial charge in [-0.05, 0) is 30.0 Å². The van der Waals surface area contributed by atoms with Gasteiger partial charge in [0.1, 0.15) is 5.82 Å². The Labute approximate surface area is 142 Å². The molecule has 0 N–H and O–H groups in total. The average molecular weight is 354 g/mol. The predicted molar refractivity (Wildman–Crippen MR) is 91.5 cm³/mol. The lowest BCUT2D eigenvalue weighted by molar-refractivity contribution is -0.137. The first-order chi connectivity index (χ1) is 11.2. The van der Waals surface area contributed by atoms with Gasteiger partial charge in [-0.3, -0.25) is 4.79 Å². The number of halogens is 3. The number of rotatable bonds is 4. The number of aromatic nitrogens is 1. The molecule has 7 heteroatoms. The zero-order valence-corrected chi connectivity index (χ0v) is 14.3. The van der Waals surface area contributed by atoms with Crippen molar-refractivity contribution >= 4 is 22.7 Å². The molecule has 1 aromatic carbocycles. The topological polar surface area (TPSA) is 33.2 Å². The van der Waals surface area contributed by atoms with Crippen LogP contribution >= 0.6 is 11.8 Å². The molecule has 1 aromatic heterocycles. The van der Waals surface area contributed by atoms with Crippen molar-refractivity contribution in [3.05, 3.63) is 47.5 Å². The first-order valence-corrected chi connectivity index (χ1v) is 8.25. The molecule has 2 rings (SSSR count). The molecule has 24 heavy (non-hydrogen) atoms. The van der Waals surface area contributed by atoms with Crippen LogP contribution in [0, 0.1) is 0 Å². The van der Waals surface area contributed by atoms with Gasteiger partial charge >= 0.3 is 6.18 Å². The first-order valence-electron chi connectivity index (χ1n) is 7.26. The van der Waals surface area contributed by atoms with E-state index in [9.17, 15) is 18.0 Å². The minimum atomic E-state index is -4.45. The third-order valence-corrected chi connectivity index (χ3v) is 4.08. The zero-order chi connectivity index (χ0) is 17.9. The molecule has 0 radical (unpaired) electrons. The van der Waals surface area contributed by atoms with E-state index in [1.807, 2.05) is 6.92 Å². The Morgan fingerprint density at radius 2 is 1.79 bits per heavy atom. The Hall–Kier alpha value is -2.02. The molecule has 0 aliphatic heterocycles. The van der Waals surface area contributed by atoms with Crippen LogP contribution in [-0.2, 0) is 6.18 Å². The fourth-order valence-corrected chi connectivity index (χ4v) is 2.61. The SMILES string of the molecule is CCSC(=O)c1ccc(-c2cc(C(F)(F)F)cc(N(C)C)n2)cc1. The summed E-state index contributed by atoms with van der Waals surface area (Å²) in [6.45, 7) is 1.88. The zero-order valence-electron chi connectivity index (χ0n) is 13.5. The second-order valence-electron chi connectivity index (χ2n) is 5.29. The molecule has 2 aromatic rings. The Bertz CT molecular complexity index is 728. The lowest BCUT2D eigenvalue weighted by atomic mass is 10.1. The van der Waals surface area contributed by atoms with Crippen molar-refractivity contribution in [2.75, 3.05) is 24.7 Å². The molecule has 0 aliphatic carbocycles. The third kappa shape index (κ3) is 4.29. The molecular weight excluding hydrogens is 337 g/mol. The van der Waals surface area contributed by atoms with Crippen LogP contribution in [0.5, 0.6) is 0 Å². The summed E-state index contributed by atoms with van der Waals surface area (Å²) in [5, 5.41) is -0.0602. The van der Waals surface area contributed by atoms with Crippen LogP contribution in [0.1, 0.15) is 22.8 Å². The number of carbonyl (C=O) groups is 1. The smallest absolute Gasteiger partial charge is 0.363 e. The van der Waals surface area contributed by atoms with E-state index >= 15 is 0 Å². The van der Waals surface area contributed by atoms with E-state index in [1.54, 1.807) is 38.4 Å². The van der Waals surface area contributed by atoms with Crippen molar-refractivity contribution < 1.29 is 18.0 Å². The van der Waals surface area contributed by atoms with E-state index < -0.39 is 11.7 Å². The maximum Gasteiger partial charge on any atom is 0.416 e. The maximum atomic E-state index is 13.1. The standard InChI is InChI=1S/C17H17F3N2OS/c1-4-24-16(23)12-7-5-11(6-8-12)14-9-13(17(18,19)20)10-15(21-14)22(2)3/h5-10H,4H2,1-3H3. The number of hydrogen-bond donors (Lipinski definition) is 0. The molecule has 0 saturated carbocycles. The Morgan fingerprint density at radius 1 is 1.17 bits per heavy atom. The van der Waals surface area contributed by atoms with Crippen LogP contribution in [0.3, 0.4) is 0 Å².